The van der Waals surface area contributed by atoms with Crippen LogP contribution in [0.5, 0.6) is 5.75 Å². The molecule has 140 valence electrons. The Bertz CT molecular complexity index is 1120. The molecule has 0 aliphatic heterocycles. The van der Waals surface area contributed by atoms with Crippen molar-refractivity contribution < 1.29 is 9.53 Å². The Morgan fingerprint density at radius 1 is 1.18 bits per heavy atom. The molecule has 0 fully saturated rings. The normalized spacial score (nSPS) is 12.8. The first-order valence-electron chi connectivity index (χ1n) is 8.88. The summed E-state index contributed by atoms with van der Waals surface area (Å²) in [6, 6.07) is 10.9. The fourth-order valence-electron chi connectivity index (χ4n) is 3.31. The summed E-state index contributed by atoms with van der Waals surface area (Å²) in [6.07, 6.45) is 7.42. The average molecular weight is 393 g/mol. The average Bonchev–Trinajstić information content (AvgIpc) is 2.72. The number of rotatable bonds is 5. The number of aryl methyl sites for hydroxylation is 1. The predicted octanol–water partition coefficient (Wildman–Crippen LogP) is 4.30. The Morgan fingerprint density at radius 2 is 2.07 bits per heavy atom. The van der Waals surface area contributed by atoms with E-state index in [1.807, 2.05) is 18.2 Å². The van der Waals surface area contributed by atoms with Crippen LogP contribution in [0.2, 0.25) is 5.02 Å². The van der Waals surface area contributed by atoms with Crippen LogP contribution >= 0.6 is 11.6 Å². The Kier molecular flexibility index (Phi) is 5.08. The van der Waals surface area contributed by atoms with E-state index in [1.165, 1.54) is 0 Å². The Labute approximate surface area is 166 Å². The predicted molar refractivity (Wildman–Crippen MR) is 109 cm³/mol. The molecule has 1 aliphatic carbocycles. The quantitative estimate of drug-likeness (QED) is 0.657. The van der Waals surface area contributed by atoms with Gasteiger partial charge in [-0.3, -0.25) is 14.6 Å². The molecule has 4 rings (SSSR count). The smallest absolute Gasteiger partial charge is 0.259 e. The molecule has 0 atom stereocenters. The van der Waals surface area contributed by atoms with Crippen molar-refractivity contribution in [1.82, 2.24) is 9.97 Å². The van der Waals surface area contributed by atoms with Crippen molar-refractivity contribution in [2.45, 2.75) is 19.4 Å². The van der Waals surface area contributed by atoms with Gasteiger partial charge in [0.1, 0.15) is 18.6 Å². The van der Waals surface area contributed by atoms with Crippen molar-refractivity contribution in [3.8, 4) is 5.75 Å². The van der Waals surface area contributed by atoms with Gasteiger partial charge in [0.15, 0.2) is 0 Å². The summed E-state index contributed by atoms with van der Waals surface area (Å²) in [7, 11) is 0. The van der Waals surface area contributed by atoms with E-state index in [1.54, 1.807) is 36.7 Å². The number of benzene rings is 1. The van der Waals surface area contributed by atoms with E-state index in [9.17, 15) is 9.59 Å². The number of pyridine rings is 2. The van der Waals surface area contributed by atoms with Crippen LogP contribution in [0.1, 0.15) is 39.2 Å². The molecular weight excluding hydrogens is 376 g/mol. The van der Waals surface area contributed by atoms with E-state index in [0.29, 0.717) is 28.3 Å². The van der Waals surface area contributed by atoms with E-state index in [-0.39, 0.29) is 12.2 Å². The maximum atomic E-state index is 12.6. The standard InChI is InChI=1S/C22H17ClN2O3/c23-18-5-6-19(25-11-18)13-28-20-7-8-24-22(27)21(20)17-4-3-15-9-14(12-26)1-2-16(15)10-17/h1-2,5-12H,3-4,13H2,(H,24,27). The molecule has 0 bridgehead atoms. The molecule has 28 heavy (non-hydrogen) atoms. The van der Waals surface area contributed by atoms with Crippen LogP contribution in [-0.2, 0) is 13.0 Å². The van der Waals surface area contributed by atoms with Gasteiger partial charge in [0.05, 0.1) is 16.3 Å². The van der Waals surface area contributed by atoms with Gasteiger partial charge in [0.2, 0.25) is 0 Å². The van der Waals surface area contributed by atoms with Crippen LogP contribution in [0.4, 0.5) is 0 Å². The highest BCUT2D eigenvalue weighted by molar-refractivity contribution is 6.30. The van der Waals surface area contributed by atoms with Gasteiger partial charge in [-0.05, 0) is 53.8 Å². The molecule has 1 aromatic carbocycles. The minimum atomic E-state index is -0.194. The van der Waals surface area contributed by atoms with Gasteiger partial charge in [0.25, 0.3) is 5.56 Å². The largest absolute Gasteiger partial charge is 0.486 e. The molecule has 0 spiro atoms. The number of halogens is 1. The van der Waals surface area contributed by atoms with E-state index in [2.05, 4.69) is 9.97 Å². The number of carbonyl (C=O) groups is 1. The highest BCUT2D eigenvalue weighted by atomic mass is 35.5. The van der Waals surface area contributed by atoms with Crippen LogP contribution in [-0.4, -0.2) is 16.3 Å². The maximum absolute atomic E-state index is 12.6. The van der Waals surface area contributed by atoms with Crippen LogP contribution in [0.3, 0.4) is 0 Å². The topological polar surface area (TPSA) is 72.0 Å². The van der Waals surface area contributed by atoms with Crippen molar-refractivity contribution in [1.29, 1.82) is 0 Å². The van der Waals surface area contributed by atoms with Crippen LogP contribution < -0.4 is 10.3 Å². The third kappa shape index (κ3) is 3.75. The fourth-order valence-corrected chi connectivity index (χ4v) is 3.42. The lowest BCUT2D eigenvalue weighted by atomic mass is 9.88. The number of carbonyl (C=O) groups excluding carboxylic acids is 1. The van der Waals surface area contributed by atoms with Gasteiger partial charge in [0, 0.05) is 18.0 Å². The van der Waals surface area contributed by atoms with E-state index in [0.717, 1.165) is 35.1 Å². The van der Waals surface area contributed by atoms with E-state index >= 15 is 0 Å². The van der Waals surface area contributed by atoms with E-state index in [4.69, 9.17) is 16.3 Å². The van der Waals surface area contributed by atoms with Gasteiger partial charge in [-0.15, -0.1) is 0 Å². The molecule has 0 amide bonds. The monoisotopic (exact) mass is 392 g/mol. The summed E-state index contributed by atoms with van der Waals surface area (Å²) < 4.78 is 5.91. The summed E-state index contributed by atoms with van der Waals surface area (Å²) in [5, 5.41) is 0.560. The maximum Gasteiger partial charge on any atom is 0.259 e. The zero-order chi connectivity index (χ0) is 19.5. The highest BCUT2D eigenvalue weighted by Crippen LogP contribution is 2.33. The molecule has 0 radical (unpaired) electrons. The Balaban J connectivity index is 1.66. The summed E-state index contributed by atoms with van der Waals surface area (Å²) in [5.41, 5.74) is 4.75. The van der Waals surface area contributed by atoms with Gasteiger partial charge in [-0.2, -0.15) is 0 Å². The van der Waals surface area contributed by atoms with Crippen LogP contribution in [0.25, 0.3) is 11.6 Å². The summed E-state index contributed by atoms with van der Waals surface area (Å²) >= 11 is 5.86. The van der Waals surface area contributed by atoms with Crippen molar-refractivity contribution in [2.24, 2.45) is 0 Å². The second-order valence-electron chi connectivity index (χ2n) is 6.55. The number of allylic oxidation sites excluding steroid dienone is 1. The first kappa shape index (κ1) is 18.2. The number of hydrogen-bond acceptors (Lipinski definition) is 4. The number of hydrogen-bond donors (Lipinski definition) is 1. The third-order valence-corrected chi connectivity index (χ3v) is 4.93. The minimum absolute atomic E-state index is 0.194. The summed E-state index contributed by atoms with van der Waals surface area (Å²) in [6.45, 7) is 0.236. The number of ether oxygens (including phenoxy) is 1. The molecule has 1 aliphatic rings. The van der Waals surface area contributed by atoms with Gasteiger partial charge in [-0.1, -0.05) is 29.8 Å². The van der Waals surface area contributed by atoms with E-state index < -0.39 is 0 Å². The number of aldehydes is 1. The number of aromatic amines is 1. The molecule has 2 heterocycles. The zero-order valence-electron chi connectivity index (χ0n) is 14.9. The minimum Gasteiger partial charge on any atom is -0.486 e. The van der Waals surface area contributed by atoms with Crippen LogP contribution in [0, 0.1) is 0 Å². The second-order valence-corrected chi connectivity index (χ2v) is 6.98. The summed E-state index contributed by atoms with van der Waals surface area (Å²) in [5.74, 6) is 0.514. The highest BCUT2D eigenvalue weighted by Gasteiger charge is 2.18. The SMILES string of the molecule is O=Cc1ccc2c(c1)CCC(c1c(OCc3ccc(Cl)cn3)cc[nH]c1=O)=C2. The molecule has 0 saturated carbocycles. The van der Waals surface area contributed by atoms with Crippen molar-refractivity contribution in [3.63, 3.8) is 0 Å². The molecule has 3 aromatic rings. The van der Waals surface area contributed by atoms with Crippen molar-refractivity contribution in [3.05, 3.63) is 92.1 Å². The van der Waals surface area contributed by atoms with Crippen molar-refractivity contribution in [2.75, 3.05) is 0 Å². The Morgan fingerprint density at radius 3 is 2.86 bits per heavy atom. The molecule has 0 unspecified atom stereocenters. The first-order valence-corrected chi connectivity index (χ1v) is 9.26. The molecule has 0 saturated heterocycles. The number of nitrogens with zero attached hydrogens (tertiary/aromatic N) is 1. The van der Waals surface area contributed by atoms with Gasteiger partial charge < -0.3 is 9.72 Å². The lowest BCUT2D eigenvalue weighted by Gasteiger charge is -2.18. The number of nitrogens with one attached hydrogen (secondary N) is 1. The van der Waals surface area contributed by atoms with Gasteiger partial charge >= 0.3 is 0 Å². The zero-order valence-corrected chi connectivity index (χ0v) is 15.7. The van der Waals surface area contributed by atoms with Crippen LogP contribution in [0.15, 0.2) is 53.6 Å². The lowest BCUT2D eigenvalue weighted by Crippen LogP contribution is -2.15. The summed E-state index contributed by atoms with van der Waals surface area (Å²) in [4.78, 5) is 30.5. The third-order valence-electron chi connectivity index (χ3n) is 4.70. The first-order chi connectivity index (χ1) is 13.6. The number of aromatic nitrogens is 2. The fraction of sp³-hybridized carbons (Fsp3) is 0.136. The Hall–Kier alpha value is -3.18. The molecular formula is C22H17ClN2O3. The molecule has 6 heteroatoms. The number of H-pyrrole nitrogens is 1. The van der Waals surface area contributed by atoms with Crippen molar-refractivity contribution >= 4 is 29.5 Å². The molecule has 2 aromatic heterocycles. The molecule has 1 N–H and O–H groups in total. The second kappa shape index (κ2) is 7.82. The molecule has 5 nitrogen and oxygen atoms in total. The van der Waals surface area contributed by atoms with Gasteiger partial charge in [-0.25, -0.2) is 0 Å². The lowest BCUT2D eigenvalue weighted by molar-refractivity contribution is 0.112. The number of fused-ring (bicyclic) bond motifs is 1.